The van der Waals surface area contributed by atoms with Crippen molar-refractivity contribution in [3.63, 3.8) is 0 Å². The maximum absolute atomic E-state index is 13.5. The molecular weight excluding hydrogens is 432 g/mol. The molecule has 4 heterocycles. The summed E-state index contributed by atoms with van der Waals surface area (Å²) in [7, 11) is 2.07. The van der Waals surface area contributed by atoms with Gasteiger partial charge in [0.15, 0.2) is 0 Å². The number of hydrogen-bond acceptors (Lipinski definition) is 4. The van der Waals surface area contributed by atoms with Crippen LogP contribution in [0.3, 0.4) is 0 Å². The van der Waals surface area contributed by atoms with Crippen molar-refractivity contribution in [3.05, 3.63) is 50.5 Å². The zero-order valence-electron chi connectivity index (χ0n) is 17.7. The molecule has 0 radical (unpaired) electrons. The molecule has 31 heavy (non-hydrogen) atoms. The van der Waals surface area contributed by atoms with Crippen LogP contribution in [0.1, 0.15) is 30.1 Å². The van der Waals surface area contributed by atoms with Gasteiger partial charge in [-0.3, -0.25) is 14.0 Å². The minimum Gasteiger partial charge on any atom is -0.351 e. The predicted octanol–water partition coefficient (Wildman–Crippen LogP) is 4.21. The summed E-state index contributed by atoms with van der Waals surface area (Å²) in [5.41, 5.74) is 2.61. The number of thiophene rings is 1. The van der Waals surface area contributed by atoms with Crippen molar-refractivity contribution in [1.29, 1.82) is 0 Å². The zero-order chi connectivity index (χ0) is 21.7. The van der Waals surface area contributed by atoms with Crippen molar-refractivity contribution in [1.82, 2.24) is 19.2 Å². The molecule has 1 aliphatic rings. The maximum Gasteiger partial charge on any atom is 0.259 e. The van der Waals surface area contributed by atoms with Crippen LogP contribution < -0.4 is 10.7 Å². The normalized spacial score (nSPS) is 19.3. The minimum atomic E-state index is -0.323. The fraction of sp³-hybridized carbons (Fsp3) is 0.391. The number of halogens is 1. The van der Waals surface area contributed by atoms with E-state index in [4.69, 9.17) is 11.6 Å². The number of rotatable bonds is 0. The summed E-state index contributed by atoms with van der Waals surface area (Å²) >= 11 is 7.71. The van der Waals surface area contributed by atoms with Crippen LogP contribution in [-0.2, 0) is 6.54 Å². The molecular formula is C23H25ClN4O2S. The molecule has 5 rings (SSSR count). The van der Waals surface area contributed by atoms with Gasteiger partial charge in [0, 0.05) is 19.6 Å². The molecule has 0 bridgehead atoms. The van der Waals surface area contributed by atoms with Gasteiger partial charge in [0.25, 0.3) is 5.91 Å². The highest BCUT2D eigenvalue weighted by Gasteiger charge is 2.26. The quantitative estimate of drug-likeness (QED) is 0.431. The molecule has 1 atom stereocenters. The molecule has 1 N–H and O–H groups in total. The fourth-order valence-electron chi connectivity index (χ4n) is 4.66. The summed E-state index contributed by atoms with van der Waals surface area (Å²) in [6.45, 7) is 5.22. The van der Waals surface area contributed by atoms with Crippen LogP contribution >= 0.6 is 22.9 Å². The Balaban J connectivity index is 1.89. The molecule has 162 valence electrons. The van der Waals surface area contributed by atoms with Gasteiger partial charge in [0.1, 0.15) is 16.0 Å². The molecule has 0 spiro atoms. The number of amides is 1. The lowest BCUT2D eigenvalue weighted by atomic mass is 10.1. The second-order valence-electron chi connectivity index (χ2n) is 8.54. The number of benzene rings is 1. The molecule has 1 aromatic carbocycles. The SMILES string of the molecule is CC1CCCN(C)CCNC(=O)c2c(=O)c3cc(Cl)sc3n3c4ccccc4n(c23)C1. The second-order valence-corrected chi connectivity index (χ2v) is 10.2. The molecule has 0 saturated carbocycles. The van der Waals surface area contributed by atoms with E-state index in [-0.39, 0.29) is 16.9 Å². The number of imidazole rings is 1. The molecule has 1 aliphatic heterocycles. The Morgan fingerprint density at radius 2 is 1.94 bits per heavy atom. The first-order chi connectivity index (χ1) is 15.0. The second kappa shape index (κ2) is 7.97. The molecule has 6 nitrogen and oxygen atoms in total. The lowest BCUT2D eigenvalue weighted by molar-refractivity contribution is 0.0950. The van der Waals surface area contributed by atoms with Crippen LogP contribution in [0.5, 0.6) is 0 Å². The van der Waals surface area contributed by atoms with Crippen molar-refractivity contribution < 1.29 is 4.79 Å². The van der Waals surface area contributed by atoms with E-state index in [1.165, 1.54) is 11.3 Å². The summed E-state index contributed by atoms with van der Waals surface area (Å²) in [6, 6.07) is 9.78. The van der Waals surface area contributed by atoms with Crippen LogP contribution in [0, 0.1) is 5.92 Å². The number of nitrogens with one attached hydrogen (secondary N) is 1. The Morgan fingerprint density at radius 1 is 1.16 bits per heavy atom. The third kappa shape index (κ3) is 3.45. The number of aromatic nitrogens is 2. The number of nitrogens with zero attached hydrogens (tertiary/aromatic N) is 3. The highest BCUT2D eigenvalue weighted by atomic mass is 35.5. The highest BCUT2D eigenvalue weighted by molar-refractivity contribution is 7.22. The first-order valence-corrected chi connectivity index (χ1v) is 11.9. The molecule has 1 amide bonds. The van der Waals surface area contributed by atoms with E-state index < -0.39 is 0 Å². The number of carbonyl (C=O) groups is 1. The third-order valence-corrected chi connectivity index (χ3v) is 7.45. The van der Waals surface area contributed by atoms with Crippen LogP contribution in [0.25, 0.3) is 26.9 Å². The molecule has 0 fully saturated rings. The third-order valence-electron chi connectivity index (χ3n) is 6.20. The van der Waals surface area contributed by atoms with Gasteiger partial charge < -0.3 is 14.8 Å². The van der Waals surface area contributed by atoms with E-state index in [1.54, 1.807) is 6.07 Å². The average molecular weight is 457 g/mol. The Labute approximate surface area is 189 Å². The van der Waals surface area contributed by atoms with E-state index >= 15 is 0 Å². The summed E-state index contributed by atoms with van der Waals surface area (Å²) in [4.78, 5) is 29.9. The number of carbonyl (C=O) groups excluding carboxylic acids is 1. The standard InChI is InChI=1S/C23H25ClN4O2S/c1-14-6-5-10-26(2)11-9-25-21(30)19-20(29)15-12-18(24)31-23(15)28-17-8-4-3-7-16(17)27(13-14)22(19)28/h3-4,7-8,12,14H,5-6,9-11,13H2,1-2H3,(H,25,30). The van der Waals surface area contributed by atoms with Crippen molar-refractivity contribution in [2.45, 2.75) is 26.3 Å². The van der Waals surface area contributed by atoms with Crippen molar-refractivity contribution in [3.8, 4) is 0 Å². The van der Waals surface area contributed by atoms with Gasteiger partial charge >= 0.3 is 0 Å². The van der Waals surface area contributed by atoms with Crippen molar-refractivity contribution in [2.75, 3.05) is 26.7 Å². The number of fused-ring (bicyclic) bond motifs is 5. The smallest absolute Gasteiger partial charge is 0.259 e. The van der Waals surface area contributed by atoms with Crippen molar-refractivity contribution in [2.24, 2.45) is 5.92 Å². The highest BCUT2D eigenvalue weighted by Crippen LogP contribution is 2.34. The van der Waals surface area contributed by atoms with Gasteiger partial charge in [0.2, 0.25) is 5.43 Å². The first-order valence-electron chi connectivity index (χ1n) is 10.7. The van der Waals surface area contributed by atoms with E-state index in [9.17, 15) is 9.59 Å². The lowest BCUT2D eigenvalue weighted by Crippen LogP contribution is -2.36. The van der Waals surface area contributed by atoms with Gasteiger partial charge in [-0.2, -0.15) is 0 Å². The van der Waals surface area contributed by atoms with E-state index in [0.29, 0.717) is 27.8 Å². The van der Waals surface area contributed by atoms with E-state index in [2.05, 4.69) is 39.2 Å². The summed E-state index contributed by atoms with van der Waals surface area (Å²) in [6.07, 6.45) is 2.18. The molecule has 8 heteroatoms. The van der Waals surface area contributed by atoms with Gasteiger partial charge in [-0.05, 0) is 50.6 Å². The van der Waals surface area contributed by atoms with E-state index in [1.807, 2.05) is 18.2 Å². The fourth-order valence-corrected chi connectivity index (χ4v) is 5.89. The van der Waals surface area contributed by atoms with Crippen LogP contribution in [0.15, 0.2) is 35.1 Å². The van der Waals surface area contributed by atoms with Gasteiger partial charge in [0.05, 0.1) is 20.8 Å². The predicted molar refractivity (Wildman–Crippen MR) is 128 cm³/mol. The first kappa shape index (κ1) is 20.5. The van der Waals surface area contributed by atoms with Crippen LogP contribution in [0.2, 0.25) is 4.34 Å². The van der Waals surface area contributed by atoms with Crippen molar-refractivity contribution >= 4 is 55.7 Å². The van der Waals surface area contributed by atoms with Crippen LogP contribution in [0.4, 0.5) is 0 Å². The monoisotopic (exact) mass is 456 g/mol. The molecule has 0 saturated heterocycles. The number of pyridine rings is 1. The van der Waals surface area contributed by atoms with Gasteiger partial charge in [-0.25, -0.2) is 0 Å². The summed E-state index contributed by atoms with van der Waals surface area (Å²) in [5, 5.41) is 3.48. The average Bonchev–Trinajstić information content (AvgIpc) is 3.26. The molecule has 3 aromatic heterocycles. The largest absolute Gasteiger partial charge is 0.351 e. The Kier molecular flexibility index (Phi) is 5.28. The lowest BCUT2D eigenvalue weighted by Gasteiger charge is -2.18. The maximum atomic E-state index is 13.5. The molecule has 0 aliphatic carbocycles. The topological polar surface area (TPSA) is 58.8 Å². The van der Waals surface area contributed by atoms with E-state index in [0.717, 1.165) is 48.3 Å². The van der Waals surface area contributed by atoms with Gasteiger partial charge in [-0.1, -0.05) is 30.7 Å². The zero-order valence-corrected chi connectivity index (χ0v) is 19.2. The molecule has 1 unspecified atom stereocenters. The number of para-hydroxylation sites is 2. The Hall–Kier alpha value is -2.35. The summed E-state index contributed by atoms with van der Waals surface area (Å²) in [5.74, 6) is 0.0819. The Morgan fingerprint density at radius 3 is 2.74 bits per heavy atom. The number of likely N-dealkylation sites (N-methyl/N-ethyl adjacent to an activating group) is 1. The Bertz CT molecular complexity index is 1370. The molecule has 4 aromatic rings. The minimum absolute atomic E-state index is 0.201. The number of hydrogen-bond donors (Lipinski definition) is 1. The summed E-state index contributed by atoms with van der Waals surface area (Å²) < 4.78 is 4.75. The van der Waals surface area contributed by atoms with Gasteiger partial charge in [-0.15, -0.1) is 11.3 Å². The van der Waals surface area contributed by atoms with Crippen LogP contribution in [-0.4, -0.2) is 46.5 Å².